The predicted molar refractivity (Wildman–Crippen MR) is 62.2 cm³/mol. The highest BCUT2D eigenvalue weighted by molar-refractivity contribution is 5.78. The second-order valence-electron chi connectivity index (χ2n) is 4.97. The molecule has 2 heterocycles. The van der Waals surface area contributed by atoms with Crippen molar-refractivity contribution < 1.29 is 9.53 Å². The fourth-order valence-electron chi connectivity index (χ4n) is 2.59. The summed E-state index contributed by atoms with van der Waals surface area (Å²) in [7, 11) is 1.93. The fourth-order valence-corrected chi connectivity index (χ4v) is 2.59. The molecule has 1 N–H and O–H groups in total. The average Bonchev–Trinajstić information content (AvgIpc) is 2.82. The maximum Gasteiger partial charge on any atom is 0.225 e. The summed E-state index contributed by atoms with van der Waals surface area (Å²) in [5.41, 5.74) is 0. The summed E-state index contributed by atoms with van der Waals surface area (Å²) < 4.78 is 5.34. The van der Waals surface area contributed by atoms with Gasteiger partial charge in [0.25, 0.3) is 0 Å². The topological polar surface area (TPSA) is 41.6 Å². The molecule has 0 saturated carbocycles. The van der Waals surface area contributed by atoms with E-state index in [1.807, 2.05) is 11.9 Å². The summed E-state index contributed by atoms with van der Waals surface area (Å²) in [6.45, 7) is 4.51. The number of rotatable bonds is 3. The first-order valence-corrected chi connectivity index (χ1v) is 6.31. The number of carbonyl (C=O) groups is 1. The lowest BCUT2D eigenvalue weighted by Crippen LogP contribution is -2.41. The first-order chi connectivity index (χ1) is 7.77. The molecule has 0 aromatic heterocycles. The van der Waals surface area contributed by atoms with E-state index in [4.69, 9.17) is 4.74 Å². The minimum Gasteiger partial charge on any atom is -0.381 e. The number of amides is 1. The van der Waals surface area contributed by atoms with Gasteiger partial charge >= 0.3 is 0 Å². The Hall–Kier alpha value is -0.610. The molecule has 0 aromatic carbocycles. The summed E-state index contributed by atoms with van der Waals surface area (Å²) in [5.74, 6) is 1.12. The molecule has 2 aliphatic heterocycles. The Morgan fingerprint density at radius 3 is 2.75 bits per heavy atom. The Labute approximate surface area is 97.3 Å². The highest BCUT2D eigenvalue weighted by Gasteiger charge is 2.26. The van der Waals surface area contributed by atoms with Crippen LogP contribution in [0.4, 0.5) is 0 Å². The second kappa shape index (κ2) is 5.64. The maximum absolute atomic E-state index is 12.1. The van der Waals surface area contributed by atoms with Gasteiger partial charge in [-0.3, -0.25) is 4.79 Å². The van der Waals surface area contributed by atoms with E-state index < -0.39 is 0 Å². The monoisotopic (exact) mass is 226 g/mol. The van der Waals surface area contributed by atoms with Crippen LogP contribution in [0.25, 0.3) is 0 Å². The molecular weight excluding hydrogens is 204 g/mol. The van der Waals surface area contributed by atoms with E-state index in [0.29, 0.717) is 11.8 Å². The van der Waals surface area contributed by atoms with Gasteiger partial charge in [-0.2, -0.15) is 0 Å². The molecule has 0 unspecified atom stereocenters. The molecular formula is C12H22N2O2. The molecule has 2 rings (SSSR count). The van der Waals surface area contributed by atoms with Crippen LogP contribution in [0.2, 0.25) is 0 Å². The van der Waals surface area contributed by atoms with E-state index in [0.717, 1.165) is 52.1 Å². The predicted octanol–water partition coefficient (Wildman–Crippen LogP) is 0.481. The van der Waals surface area contributed by atoms with Crippen molar-refractivity contribution in [2.24, 2.45) is 11.8 Å². The van der Waals surface area contributed by atoms with Crippen LogP contribution in [0, 0.1) is 11.8 Å². The van der Waals surface area contributed by atoms with Crippen LogP contribution in [0.5, 0.6) is 0 Å². The van der Waals surface area contributed by atoms with Crippen molar-refractivity contribution in [2.75, 3.05) is 39.9 Å². The van der Waals surface area contributed by atoms with Crippen molar-refractivity contribution >= 4 is 5.91 Å². The molecule has 16 heavy (non-hydrogen) atoms. The average molecular weight is 226 g/mol. The van der Waals surface area contributed by atoms with Crippen LogP contribution < -0.4 is 5.32 Å². The number of nitrogens with zero attached hydrogens (tertiary/aromatic N) is 1. The van der Waals surface area contributed by atoms with Crippen LogP contribution in [-0.4, -0.2) is 50.7 Å². The zero-order chi connectivity index (χ0) is 11.4. The standard InChI is InChI=1S/C12H22N2O2/c1-14(8-10-4-7-16-9-10)12(15)11-2-5-13-6-3-11/h10-11,13H,2-9H2,1H3/t10-/m0/s1. The second-order valence-corrected chi connectivity index (χ2v) is 4.97. The van der Waals surface area contributed by atoms with Crippen molar-refractivity contribution in [3.63, 3.8) is 0 Å². The summed E-state index contributed by atoms with van der Waals surface area (Å²) >= 11 is 0. The number of carbonyl (C=O) groups excluding carboxylic acids is 1. The molecule has 0 aliphatic carbocycles. The number of ether oxygens (including phenoxy) is 1. The molecule has 0 bridgehead atoms. The first-order valence-electron chi connectivity index (χ1n) is 6.31. The van der Waals surface area contributed by atoms with Gasteiger partial charge in [-0.15, -0.1) is 0 Å². The first kappa shape index (κ1) is 11.9. The van der Waals surface area contributed by atoms with Gasteiger partial charge in [0.2, 0.25) is 5.91 Å². The third-order valence-electron chi connectivity index (χ3n) is 3.62. The fraction of sp³-hybridized carbons (Fsp3) is 0.917. The molecule has 2 aliphatic rings. The highest BCUT2D eigenvalue weighted by atomic mass is 16.5. The zero-order valence-electron chi connectivity index (χ0n) is 10.1. The van der Waals surface area contributed by atoms with Crippen LogP contribution in [0.1, 0.15) is 19.3 Å². The summed E-state index contributed by atoms with van der Waals surface area (Å²) in [5, 5.41) is 3.29. The quantitative estimate of drug-likeness (QED) is 0.761. The van der Waals surface area contributed by atoms with Crippen molar-refractivity contribution in [1.29, 1.82) is 0 Å². The van der Waals surface area contributed by atoms with E-state index in [2.05, 4.69) is 5.32 Å². The Kier molecular flexibility index (Phi) is 4.18. The van der Waals surface area contributed by atoms with Gasteiger partial charge in [-0.1, -0.05) is 0 Å². The number of hydrogen-bond donors (Lipinski definition) is 1. The minimum absolute atomic E-state index is 0.244. The molecule has 2 saturated heterocycles. The molecule has 0 aromatic rings. The molecule has 92 valence electrons. The molecule has 1 amide bonds. The van der Waals surface area contributed by atoms with Gasteiger partial charge in [0.05, 0.1) is 6.61 Å². The molecule has 4 heteroatoms. The van der Waals surface area contributed by atoms with Crippen LogP contribution in [-0.2, 0) is 9.53 Å². The smallest absolute Gasteiger partial charge is 0.225 e. The number of piperidine rings is 1. The SMILES string of the molecule is CN(C[C@@H]1CCOC1)C(=O)C1CCNCC1. The van der Waals surface area contributed by atoms with Crippen LogP contribution >= 0.6 is 0 Å². The lowest BCUT2D eigenvalue weighted by Gasteiger charge is -2.28. The van der Waals surface area contributed by atoms with Gasteiger partial charge in [0.15, 0.2) is 0 Å². The van der Waals surface area contributed by atoms with Crippen molar-refractivity contribution in [2.45, 2.75) is 19.3 Å². The Morgan fingerprint density at radius 2 is 2.12 bits per heavy atom. The summed E-state index contributed by atoms with van der Waals surface area (Å²) in [4.78, 5) is 14.1. The van der Waals surface area contributed by atoms with Crippen molar-refractivity contribution in [3.8, 4) is 0 Å². The van der Waals surface area contributed by atoms with Crippen LogP contribution in [0.3, 0.4) is 0 Å². The van der Waals surface area contributed by atoms with Gasteiger partial charge in [-0.25, -0.2) is 0 Å². The van der Waals surface area contributed by atoms with E-state index in [1.165, 1.54) is 0 Å². The Balaban J connectivity index is 1.78. The van der Waals surface area contributed by atoms with Crippen LogP contribution in [0.15, 0.2) is 0 Å². The van der Waals surface area contributed by atoms with Crippen molar-refractivity contribution in [1.82, 2.24) is 10.2 Å². The maximum atomic E-state index is 12.1. The normalized spacial score (nSPS) is 26.9. The largest absolute Gasteiger partial charge is 0.381 e. The van der Waals surface area contributed by atoms with E-state index in [-0.39, 0.29) is 5.92 Å². The van der Waals surface area contributed by atoms with Crippen molar-refractivity contribution in [3.05, 3.63) is 0 Å². The third-order valence-corrected chi connectivity index (χ3v) is 3.62. The van der Waals surface area contributed by atoms with E-state index in [1.54, 1.807) is 0 Å². The van der Waals surface area contributed by atoms with Gasteiger partial charge in [0.1, 0.15) is 0 Å². The van der Waals surface area contributed by atoms with E-state index in [9.17, 15) is 4.79 Å². The Bertz CT molecular complexity index is 233. The molecule has 4 nitrogen and oxygen atoms in total. The molecule has 0 radical (unpaired) electrons. The van der Waals surface area contributed by atoms with Gasteiger partial charge in [-0.05, 0) is 32.4 Å². The Morgan fingerprint density at radius 1 is 1.38 bits per heavy atom. The summed E-state index contributed by atoms with van der Waals surface area (Å²) in [6.07, 6.45) is 3.08. The molecule has 1 atom stereocenters. The summed E-state index contributed by atoms with van der Waals surface area (Å²) in [6, 6.07) is 0. The van der Waals surface area contributed by atoms with Gasteiger partial charge in [0, 0.05) is 32.0 Å². The molecule has 2 fully saturated rings. The van der Waals surface area contributed by atoms with Gasteiger partial charge < -0.3 is 15.0 Å². The lowest BCUT2D eigenvalue weighted by molar-refractivity contribution is -0.135. The number of hydrogen-bond acceptors (Lipinski definition) is 3. The number of nitrogens with one attached hydrogen (secondary N) is 1. The molecule has 0 spiro atoms. The highest BCUT2D eigenvalue weighted by Crippen LogP contribution is 2.18. The lowest BCUT2D eigenvalue weighted by atomic mass is 9.96. The zero-order valence-corrected chi connectivity index (χ0v) is 10.1. The van der Waals surface area contributed by atoms with E-state index >= 15 is 0 Å². The minimum atomic E-state index is 0.244. The third kappa shape index (κ3) is 2.95.